The van der Waals surface area contributed by atoms with Gasteiger partial charge >= 0.3 is 6.18 Å². The third-order valence-corrected chi connectivity index (χ3v) is 10.3. The van der Waals surface area contributed by atoms with Crippen molar-refractivity contribution < 1.29 is 13.2 Å². The average molecular weight is 560 g/mol. The molecule has 0 saturated carbocycles. The minimum absolute atomic E-state index is 0.0359. The van der Waals surface area contributed by atoms with Crippen LogP contribution in [0.25, 0.3) is 0 Å². The summed E-state index contributed by atoms with van der Waals surface area (Å²) in [7, 11) is 0. The monoisotopic (exact) mass is 560 g/mol. The van der Waals surface area contributed by atoms with Gasteiger partial charge in [0, 0.05) is 5.54 Å². The van der Waals surface area contributed by atoms with E-state index in [2.05, 4.69) is 41.5 Å². The summed E-state index contributed by atoms with van der Waals surface area (Å²) in [6, 6.07) is -1.28. The lowest BCUT2D eigenvalue weighted by Crippen LogP contribution is -2.61. The number of alkyl halides is 3. The summed E-state index contributed by atoms with van der Waals surface area (Å²) in [5, 5.41) is 0. The highest BCUT2D eigenvalue weighted by Gasteiger charge is 2.53. The van der Waals surface area contributed by atoms with Crippen LogP contribution in [0.5, 0.6) is 0 Å². The molecule has 0 spiro atoms. The van der Waals surface area contributed by atoms with Gasteiger partial charge in [-0.25, -0.2) is 0 Å². The molecule has 1 saturated heterocycles. The zero-order chi connectivity index (χ0) is 29.2. The molecule has 0 amide bonds. The Bertz CT molecular complexity index is 577. The normalized spacial score (nSPS) is 20.8. The van der Waals surface area contributed by atoms with Crippen molar-refractivity contribution in [1.82, 2.24) is 4.90 Å². The molecule has 0 bridgehead atoms. The van der Waals surface area contributed by atoms with Crippen molar-refractivity contribution in [2.24, 2.45) is 11.3 Å². The van der Waals surface area contributed by atoms with Crippen molar-refractivity contribution in [3.63, 3.8) is 0 Å². The predicted molar refractivity (Wildman–Crippen MR) is 165 cm³/mol. The lowest BCUT2D eigenvalue weighted by atomic mass is 9.64. The Morgan fingerprint density at radius 3 is 1.36 bits per heavy atom. The lowest BCUT2D eigenvalue weighted by molar-refractivity contribution is -0.218. The van der Waals surface area contributed by atoms with Gasteiger partial charge in [-0.1, -0.05) is 144 Å². The number of nitrogens with zero attached hydrogens (tertiary/aromatic N) is 1. The number of halogens is 3. The highest BCUT2D eigenvalue weighted by molar-refractivity contribution is 4.99. The zero-order valence-corrected chi connectivity index (χ0v) is 27.2. The van der Waals surface area contributed by atoms with E-state index < -0.39 is 12.2 Å². The third kappa shape index (κ3) is 13.5. The van der Waals surface area contributed by atoms with E-state index in [-0.39, 0.29) is 16.9 Å². The Balaban J connectivity index is 3.11. The summed E-state index contributed by atoms with van der Waals surface area (Å²) >= 11 is 0. The van der Waals surface area contributed by atoms with Crippen molar-refractivity contribution in [3.8, 4) is 0 Å². The van der Waals surface area contributed by atoms with Gasteiger partial charge in [0.15, 0.2) is 0 Å². The highest BCUT2D eigenvalue weighted by Crippen LogP contribution is 2.49. The Hall–Kier alpha value is -0.250. The molecule has 1 heterocycles. The standard InChI is InChI=1S/C35H68F3N/c1-7-11-15-19-21-26-33(5,25-20-16-12-8-2)31-24-29-39(32(30-31)35(36,37)38)34(6,27-22-17-13-9-3)28-23-18-14-10-4/h31-32H,7-30H2,1-6H3/t31?,32-,33+/m1/s1. The Morgan fingerprint density at radius 2 is 0.949 bits per heavy atom. The van der Waals surface area contributed by atoms with Gasteiger partial charge in [-0.3, -0.25) is 4.90 Å². The molecule has 1 aliphatic heterocycles. The smallest absolute Gasteiger partial charge is 0.287 e. The topological polar surface area (TPSA) is 3.24 Å². The van der Waals surface area contributed by atoms with Crippen LogP contribution in [-0.2, 0) is 0 Å². The molecule has 3 atom stereocenters. The average Bonchev–Trinajstić information content (AvgIpc) is 2.91. The van der Waals surface area contributed by atoms with E-state index in [1.54, 1.807) is 0 Å². The minimum atomic E-state index is -4.16. The summed E-state index contributed by atoms with van der Waals surface area (Å²) in [5.41, 5.74) is -0.307. The van der Waals surface area contributed by atoms with Gasteiger partial charge in [0.1, 0.15) is 6.04 Å². The fraction of sp³-hybridized carbons (Fsp3) is 1.00. The van der Waals surface area contributed by atoms with Crippen LogP contribution in [-0.4, -0.2) is 29.2 Å². The van der Waals surface area contributed by atoms with Gasteiger partial charge in [0.2, 0.25) is 0 Å². The highest BCUT2D eigenvalue weighted by atomic mass is 19.4. The molecule has 0 aliphatic carbocycles. The van der Waals surface area contributed by atoms with E-state index in [1.807, 2.05) is 4.90 Å². The van der Waals surface area contributed by atoms with Gasteiger partial charge < -0.3 is 0 Å². The van der Waals surface area contributed by atoms with Crippen LogP contribution in [0.4, 0.5) is 13.2 Å². The van der Waals surface area contributed by atoms with Gasteiger partial charge in [0.05, 0.1) is 0 Å². The van der Waals surface area contributed by atoms with Crippen molar-refractivity contribution >= 4 is 0 Å². The molecule has 1 rings (SSSR count). The van der Waals surface area contributed by atoms with Gasteiger partial charge in [-0.15, -0.1) is 0 Å². The Kier molecular flexibility index (Phi) is 18.7. The van der Waals surface area contributed by atoms with Crippen LogP contribution in [0.15, 0.2) is 0 Å². The maximum Gasteiger partial charge on any atom is 0.404 e. The van der Waals surface area contributed by atoms with E-state index in [4.69, 9.17) is 0 Å². The fourth-order valence-electron chi connectivity index (χ4n) is 7.45. The number of likely N-dealkylation sites (tertiary alicyclic amines) is 1. The van der Waals surface area contributed by atoms with Crippen molar-refractivity contribution in [1.29, 1.82) is 0 Å². The minimum Gasteiger partial charge on any atom is -0.287 e. The number of unbranched alkanes of at least 4 members (excludes halogenated alkanes) is 13. The quantitative estimate of drug-likeness (QED) is 0.113. The summed E-state index contributed by atoms with van der Waals surface area (Å²) in [4.78, 5) is 1.97. The second kappa shape index (κ2) is 19.8. The zero-order valence-electron chi connectivity index (χ0n) is 27.2. The van der Waals surface area contributed by atoms with E-state index in [1.165, 1.54) is 83.5 Å². The molecule has 1 unspecified atom stereocenters. The summed E-state index contributed by atoms with van der Waals surface area (Å²) in [6.07, 6.45) is 21.2. The van der Waals surface area contributed by atoms with Crippen LogP contribution >= 0.6 is 0 Å². The third-order valence-electron chi connectivity index (χ3n) is 10.3. The first-order valence-electron chi connectivity index (χ1n) is 17.4. The maximum atomic E-state index is 14.9. The summed E-state index contributed by atoms with van der Waals surface area (Å²) in [6.45, 7) is 14.0. The molecule has 0 aromatic carbocycles. The van der Waals surface area contributed by atoms with E-state index >= 15 is 0 Å². The molecule has 0 N–H and O–H groups in total. The number of rotatable bonds is 23. The molecule has 39 heavy (non-hydrogen) atoms. The van der Waals surface area contributed by atoms with Crippen LogP contribution < -0.4 is 0 Å². The fourth-order valence-corrected chi connectivity index (χ4v) is 7.45. The van der Waals surface area contributed by atoms with E-state index in [9.17, 15) is 13.2 Å². The molecule has 0 radical (unpaired) electrons. The predicted octanol–water partition coefficient (Wildman–Crippen LogP) is 12.7. The van der Waals surface area contributed by atoms with Crippen LogP contribution in [0, 0.1) is 11.3 Å². The molecular weight excluding hydrogens is 491 g/mol. The van der Waals surface area contributed by atoms with Crippen LogP contribution in [0.2, 0.25) is 0 Å². The Labute approximate surface area is 242 Å². The maximum absolute atomic E-state index is 14.9. The van der Waals surface area contributed by atoms with E-state index in [0.29, 0.717) is 13.0 Å². The molecule has 0 aromatic rings. The number of hydrogen-bond donors (Lipinski definition) is 0. The lowest BCUT2D eigenvalue weighted by Gasteiger charge is -2.53. The van der Waals surface area contributed by atoms with Crippen molar-refractivity contribution in [2.75, 3.05) is 6.54 Å². The van der Waals surface area contributed by atoms with Crippen LogP contribution in [0.1, 0.15) is 189 Å². The second-order valence-electron chi connectivity index (χ2n) is 13.7. The Morgan fingerprint density at radius 1 is 0.564 bits per heavy atom. The van der Waals surface area contributed by atoms with Gasteiger partial charge in [-0.05, 0) is 63.3 Å². The van der Waals surface area contributed by atoms with Crippen LogP contribution in [0.3, 0.4) is 0 Å². The molecule has 4 heteroatoms. The largest absolute Gasteiger partial charge is 0.404 e. The van der Waals surface area contributed by atoms with Gasteiger partial charge in [-0.2, -0.15) is 13.2 Å². The molecule has 234 valence electrons. The van der Waals surface area contributed by atoms with E-state index in [0.717, 1.165) is 57.8 Å². The summed E-state index contributed by atoms with van der Waals surface area (Å²) in [5.74, 6) is 0.178. The second-order valence-corrected chi connectivity index (χ2v) is 13.7. The first-order chi connectivity index (χ1) is 18.6. The first-order valence-corrected chi connectivity index (χ1v) is 17.4. The van der Waals surface area contributed by atoms with Gasteiger partial charge in [0.25, 0.3) is 0 Å². The van der Waals surface area contributed by atoms with Crippen molar-refractivity contribution in [2.45, 2.75) is 207 Å². The number of hydrogen-bond acceptors (Lipinski definition) is 1. The summed E-state index contributed by atoms with van der Waals surface area (Å²) < 4.78 is 44.6. The molecule has 0 aromatic heterocycles. The SMILES string of the molecule is CCCCCCC[C@](C)(CCCCCC)C1CCN(C(C)(CCCCCC)CCCCCC)[C@@H](C(F)(F)F)C1. The first kappa shape index (κ1) is 36.8. The molecule has 1 nitrogen and oxygen atoms in total. The van der Waals surface area contributed by atoms with Crippen molar-refractivity contribution in [3.05, 3.63) is 0 Å². The molecular formula is C35H68F3N. The molecule has 1 aliphatic rings. The number of piperidine rings is 1. The molecule has 1 fully saturated rings.